The van der Waals surface area contributed by atoms with Crippen molar-refractivity contribution in [3.63, 3.8) is 0 Å². The first-order valence-electron chi connectivity index (χ1n) is 5.59. The summed E-state index contributed by atoms with van der Waals surface area (Å²) in [5, 5.41) is 0. The van der Waals surface area contributed by atoms with Crippen LogP contribution in [0.1, 0.15) is 44.9 Å². The molecule has 1 aliphatic carbocycles. The summed E-state index contributed by atoms with van der Waals surface area (Å²) in [6, 6.07) is -0.405. The second-order valence-corrected chi connectivity index (χ2v) is 4.15. The van der Waals surface area contributed by atoms with Gasteiger partial charge in [-0.2, -0.15) is 0 Å². The molecule has 2 N–H and O–H groups in total. The normalized spacial score (nSPS) is 20.7. The smallest absolute Gasteiger partial charge is 0.322 e. The Morgan fingerprint density at radius 3 is 2.13 bits per heavy atom. The lowest BCUT2D eigenvalue weighted by atomic mass is 9.86. The molecular weight excluding hydrogens is 214 g/mol. The van der Waals surface area contributed by atoms with Crippen LogP contribution in [0.5, 0.6) is 0 Å². The summed E-state index contributed by atoms with van der Waals surface area (Å²) in [4.78, 5) is 11.3. The van der Waals surface area contributed by atoms with Crippen LogP contribution < -0.4 is 5.73 Å². The molecule has 1 fully saturated rings. The third-order valence-corrected chi connectivity index (χ3v) is 3.13. The van der Waals surface area contributed by atoms with Crippen LogP contribution in [0.4, 0.5) is 0 Å². The van der Waals surface area contributed by atoms with E-state index in [1.54, 1.807) is 0 Å². The van der Waals surface area contributed by atoms with Gasteiger partial charge in [-0.3, -0.25) is 4.79 Å². The van der Waals surface area contributed by atoms with Crippen molar-refractivity contribution in [2.75, 3.05) is 7.11 Å². The molecule has 0 heterocycles. The maximum Gasteiger partial charge on any atom is 0.322 e. The van der Waals surface area contributed by atoms with Gasteiger partial charge in [-0.15, -0.1) is 12.4 Å². The van der Waals surface area contributed by atoms with E-state index in [0.29, 0.717) is 5.92 Å². The maximum absolute atomic E-state index is 11.3. The monoisotopic (exact) mass is 235 g/mol. The van der Waals surface area contributed by atoms with E-state index < -0.39 is 6.04 Å². The predicted molar refractivity (Wildman–Crippen MR) is 63.0 cm³/mol. The predicted octanol–water partition coefficient (Wildman–Crippen LogP) is 2.27. The molecule has 0 aliphatic heterocycles. The Kier molecular flexibility index (Phi) is 7.79. The fraction of sp³-hybridized carbons (Fsp3) is 0.909. The zero-order valence-corrected chi connectivity index (χ0v) is 10.2. The standard InChI is InChI=1S/C11H21NO2.ClH/c1-14-11(13)10(12)9-7-5-3-2-4-6-8-9;/h9-10H,2-8,12H2,1H3;1H. The van der Waals surface area contributed by atoms with Gasteiger partial charge in [0.25, 0.3) is 0 Å². The van der Waals surface area contributed by atoms with Crippen LogP contribution in [-0.2, 0) is 9.53 Å². The van der Waals surface area contributed by atoms with Crippen LogP contribution >= 0.6 is 12.4 Å². The molecule has 15 heavy (non-hydrogen) atoms. The van der Waals surface area contributed by atoms with Crippen molar-refractivity contribution in [2.24, 2.45) is 11.7 Å². The zero-order chi connectivity index (χ0) is 10.4. The van der Waals surface area contributed by atoms with Gasteiger partial charge < -0.3 is 10.5 Å². The van der Waals surface area contributed by atoms with Gasteiger partial charge in [-0.1, -0.05) is 32.1 Å². The fourth-order valence-electron chi connectivity index (χ4n) is 2.18. The molecule has 3 nitrogen and oxygen atoms in total. The fourth-order valence-corrected chi connectivity index (χ4v) is 2.18. The molecule has 1 saturated carbocycles. The van der Waals surface area contributed by atoms with Gasteiger partial charge >= 0.3 is 5.97 Å². The van der Waals surface area contributed by atoms with Crippen LogP contribution in [0, 0.1) is 5.92 Å². The van der Waals surface area contributed by atoms with E-state index in [2.05, 4.69) is 4.74 Å². The van der Waals surface area contributed by atoms with Crippen molar-refractivity contribution in [3.05, 3.63) is 0 Å². The Balaban J connectivity index is 0.00000196. The lowest BCUT2D eigenvalue weighted by Gasteiger charge is -2.23. The molecule has 0 aromatic carbocycles. The molecular formula is C11H22ClNO2. The molecule has 0 spiro atoms. The lowest BCUT2D eigenvalue weighted by molar-refractivity contribution is -0.143. The number of hydrogen-bond acceptors (Lipinski definition) is 3. The average molecular weight is 236 g/mol. The summed E-state index contributed by atoms with van der Waals surface area (Å²) in [5.74, 6) is 0.0818. The number of nitrogens with two attached hydrogens (primary N) is 1. The van der Waals surface area contributed by atoms with Gasteiger partial charge in [0.1, 0.15) is 6.04 Å². The number of esters is 1. The second kappa shape index (κ2) is 7.94. The molecule has 1 rings (SSSR count). The van der Waals surface area contributed by atoms with Crippen LogP contribution in [0.25, 0.3) is 0 Å². The first kappa shape index (κ1) is 14.7. The molecule has 4 heteroatoms. The SMILES string of the molecule is COC(=O)C(N)C1CCCCCCC1.Cl. The summed E-state index contributed by atoms with van der Waals surface area (Å²) in [5.41, 5.74) is 5.85. The molecule has 0 radical (unpaired) electrons. The van der Waals surface area contributed by atoms with Crippen LogP contribution in [0.2, 0.25) is 0 Å². The second-order valence-electron chi connectivity index (χ2n) is 4.15. The first-order chi connectivity index (χ1) is 6.75. The summed E-state index contributed by atoms with van der Waals surface area (Å²) in [7, 11) is 1.41. The van der Waals surface area contributed by atoms with Crippen LogP contribution in [0.15, 0.2) is 0 Å². The summed E-state index contributed by atoms with van der Waals surface area (Å²) < 4.78 is 4.67. The number of hydrogen-bond donors (Lipinski definition) is 1. The third kappa shape index (κ3) is 4.85. The topological polar surface area (TPSA) is 52.3 Å². The molecule has 90 valence electrons. The van der Waals surface area contributed by atoms with E-state index in [0.717, 1.165) is 12.8 Å². The first-order valence-corrected chi connectivity index (χ1v) is 5.59. The molecule has 1 aliphatic rings. The summed E-state index contributed by atoms with van der Waals surface area (Å²) >= 11 is 0. The van der Waals surface area contributed by atoms with Gasteiger partial charge in [-0.05, 0) is 18.8 Å². The van der Waals surface area contributed by atoms with Crippen molar-refractivity contribution in [3.8, 4) is 0 Å². The maximum atomic E-state index is 11.3. The minimum absolute atomic E-state index is 0. The van der Waals surface area contributed by atoms with E-state index in [1.165, 1.54) is 39.2 Å². The number of carbonyl (C=O) groups is 1. The number of methoxy groups -OCH3 is 1. The molecule has 0 bridgehead atoms. The Bertz CT molecular complexity index is 179. The molecule has 1 unspecified atom stereocenters. The van der Waals surface area contributed by atoms with Crippen molar-refractivity contribution >= 4 is 18.4 Å². The van der Waals surface area contributed by atoms with Gasteiger partial charge in [0.15, 0.2) is 0 Å². The summed E-state index contributed by atoms with van der Waals surface area (Å²) in [6.07, 6.45) is 8.46. The van der Waals surface area contributed by atoms with E-state index in [-0.39, 0.29) is 18.4 Å². The number of rotatable bonds is 2. The van der Waals surface area contributed by atoms with Gasteiger partial charge in [0.05, 0.1) is 7.11 Å². The van der Waals surface area contributed by atoms with E-state index in [1.807, 2.05) is 0 Å². The zero-order valence-electron chi connectivity index (χ0n) is 9.41. The van der Waals surface area contributed by atoms with E-state index in [4.69, 9.17) is 5.73 Å². The van der Waals surface area contributed by atoms with Crippen molar-refractivity contribution in [1.82, 2.24) is 0 Å². The molecule has 0 aromatic heterocycles. The van der Waals surface area contributed by atoms with Crippen molar-refractivity contribution < 1.29 is 9.53 Å². The van der Waals surface area contributed by atoms with Gasteiger partial charge in [-0.25, -0.2) is 0 Å². The highest BCUT2D eigenvalue weighted by atomic mass is 35.5. The number of ether oxygens (including phenoxy) is 1. The average Bonchev–Trinajstić information content (AvgIpc) is 2.15. The molecule has 0 saturated heterocycles. The van der Waals surface area contributed by atoms with E-state index >= 15 is 0 Å². The van der Waals surface area contributed by atoms with Crippen LogP contribution in [-0.4, -0.2) is 19.1 Å². The lowest BCUT2D eigenvalue weighted by Crippen LogP contribution is -2.39. The quantitative estimate of drug-likeness (QED) is 0.747. The minimum Gasteiger partial charge on any atom is -0.468 e. The van der Waals surface area contributed by atoms with Crippen molar-refractivity contribution in [2.45, 2.75) is 51.0 Å². The van der Waals surface area contributed by atoms with E-state index in [9.17, 15) is 4.79 Å². The molecule has 0 aromatic rings. The minimum atomic E-state index is -0.405. The van der Waals surface area contributed by atoms with Gasteiger partial charge in [0, 0.05) is 0 Å². The highest BCUT2D eigenvalue weighted by Gasteiger charge is 2.25. The highest BCUT2D eigenvalue weighted by Crippen LogP contribution is 2.24. The Morgan fingerprint density at radius 2 is 1.67 bits per heavy atom. The molecule has 1 atom stereocenters. The van der Waals surface area contributed by atoms with Crippen LogP contribution in [0.3, 0.4) is 0 Å². The number of halogens is 1. The van der Waals surface area contributed by atoms with Gasteiger partial charge in [0.2, 0.25) is 0 Å². The number of carbonyl (C=O) groups excluding carboxylic acids is 1. The molecule has 0 amide bonds. The Labute approximate surface area is 98.2 Å². The highest BCUT2D eigenvalue weighted by molar-refractivity contribution is 5.85. The third-order valence-electron chi connectivity index (χ3n) is 3.13. The Morgan fingerprint density at radius 1 is 1.20 bits per heavy atom. The summed E-state index contributed by atoms with van der Waals surface area (Å²) in [6.45, 7) is 0. The van der Waals surface area contributed by atoms with Crippen molar-refractivity contribution in [1.29, 1.82) is 0 Å². The Hall–Kier alpha value is -0.280. The largest absolute Gasteiger partial charge is 0.468 e.